The molecule has 8 nitrogen and oxygen atoms in total. The lowest BCUT2D eigenvalue weighted by Crippen LogP contribution is -2.46. The third kappa shape index (κ3) is 5.13. The van der Waals surface area contributed by atoms with Crippen molar-refractivity contribution in [3.05, 3.63) is 70.5 Å². The number of fused-ring (bicyclic) bond motifs is 1. The van der Waals surface area contributed by atoms with Crippen LogP contribution in [0.1, 0.15) is 44.0 Å². The van der Waals surface area contributed by atoms with Gasteiger partial charge in [-0.15, -0.1) is 0 Å². The van der Waals surface area contributed by atoms with E-state index in [0.717, 1.165) is 25.0 Å². The molecule has 2 heterocycles. The van der Waals surface area contributed by atoms with E-state index in [2.05, 4.69) is 4.72 Å². The lowest BCUT2D eigenvalue weighted by Gasteiger charge is -2.32. The number of nitrogens with zero attached hydrogens (tertiary/aromatic N) is 3. The highest BCUT2D eigenvalue weighted by atomic mass is 32.2. The second-order valence-electron chi connectivity index (χ2n) is 9.18. The van der Waals surface area contributed by atoms with Crippen LogP contribution in [0.2, 0.25) is 0 Å². The van der Waals surface area contributed by atoms with Gasteiger partial charge in [-0.25, -0.2) is 22.5 Å². The molecule has 1 aliphatic carbocycles. The van der Waals surface area contributed by atoms with Crippen molar-refractivity contribution in [2.45, 2.75) is 55.5 Å². The Morgan fingerprint density at radius 1 is 1.03 bits per heavy atom. The van der Waals surface area contributed by atoms with E-state index in [9.17, 15) is 22.4 Å². The fourth-order valence-electron chi connectivity index (χ4n) is 4.60. The molecule has 10 heteroatoms. The van der Waals surface area contributed by atoms with E-state index in [1.54, 1.807) is 15.5 Å². The monoisotopic (exact) mass is 498 g/mol. The molecule has 0 atom stereocenters. The Morgan fingerprint density at radius 3 is 2.40 bits per heavy atom. The van der Waals surface area contributed by atoms with Gasteiger partial charge < -0.3 is 4.90 Å². The van der Waals surface area contributed by atoms with E-state index < -0.39 is 15.8 Å². The number of amides is 1. The SMILES string of the molecule is O=C(CCc1nc2ccccc2c(=O)n1C1CC1)N1CCC(NS(=O)(=O)c2ccc(F)cc2)CC1. The lowest BCUT2D eigenvalue weighted by atomic mass is 10.1. The summed E-state index contributed by atoms with van der Waals surface area (Å²) >= 11 is 0. The molecule has 1 aliphatic heterocycles. The molecule has 3 aromatic rings. The number of carbonyl (C=O) groups is 1. The van der Waals surface area contributed by atoms with E-state index >= 15 is 0 Å². The van der Waals surface area contributed by atoms with Crippen LogP contribution in [-0.2, 0) is 21.2 Å². The highest BCUT2D eigenvalue weighted by Gasteiger charge is 2.30. The number of aromatic nitrogens is 2. The Labute approximate surface area is 202 Å². The van der Waals surface area contributed by atoms with Gasteiger partial charge in [0.25, 0.3) is 5.56 Å². The minimum absolute atomic E-state index is 0.0157. The van der Waals surface area contributed by atoms with Gasteiger partial charge in [0.05, 0.1) is 15.8 Å². The van der Waals surface area contributed by atoms with Crippen molar-refractivity contribution < 1.29 is 17.6 Å². The van der Waals surface area contributed by atoms with Crippen LogP contribution in [0.15, 0.2) is 58.2 Å². The second-order valence-corrected chi connectivity index (χ2v) is 10.9. The van der Waals surface area contributed by atoms with Crippen molar-refractivity contribution in [1.82, 2.24) is 19.2 Å². The van der Waals surface area contributed by atoms with Gasteiger partial charge >= 0.3 is 0 Å². The highest BCUT2D eigenvalue weighted by Crippen LogP contribution is 2.35. The minimum Gasteiger partial charge on any atom is -0.343 e. The van der Waals surface area contributed by atoms with Gasteiger partial charge in [0.1, 0.15) is 11.6 Å². The number of nitrogens with one attached hydrogen (secondary N) is 1. The number of benzene rings is 2. The Bertz CT molecular complexity index is 1410. The van der Waals surface area contributed by atoms with Crippen LogP contribution in [0.4, 0.5) is 4.39 Å². The van der Waals surface area contributed by atoms with Gasteiger partial charge in [-0.2, -0.15) is 0 Å². The molecule has 35 heavy (non-hydrogen) atoms. The molecule has 5 rings (SSSR count). The Hall–Kier alpha value is -3.11. The molecule has 1 aromatic heterocycles. The number of hydrogen-bond acceptors (Lipinski definition) is 5. The third-order valence-electron chi connectivity index (χ3n) is 6.65. The summed E-state index contributed by atoms with van der Waals surface area (Å²) in [6.45, 7) is 0.881. The predicted octanol–water partition coefficient (Wildman–Crippen LogP) is 2.77. The first-order valence-corrected chi connectivity index (χ1v) is 13.4. The molecule has 1 saturated heterocycles. The number of para-hydroxylation sites is 1. The van der Waals surface area contributed by atoms with E-state index in [4.69, 9.17) is 4.98 Å². The standard InChI is InChI=1S/C25H27FN4O4S/c26-17-5-9-20(10-6-17)35(33,34)28-18-13-15-29(16-14-18)24(31)12-11-23-27-22-4-2-1-3-21(22)25(32)30(23)19-7-8-19/h1-6,9-10,18-19,28H,7-8,11-16H2. The number of halogens is 1. The smallest absolute Gasteiger partial charge is 0.261 e. The zero-order valence-corrected chi connectivity index (χ0v) is 20.0. The Morgan fingerprint density at radius 2 is 1.71 bits per heavy atom. The van der Waals surface area contributed by atoms with Crippen LogP contribution in [0.3, 0.4) is 0 Å². The molecule has 0 radical (unpaired) electrons. The minimum atomic E-state index is -3.75. The van der Waals surface area contributed by atoms with E-state index in [1.807, 2.05) is 18.2 Å². The molecule has 0 spiro atoms. The summed E-state index contributed by atoms with van der Waals surface area (Å²) in [7, 11) is -3.75. The maximum absolute atomic E-state index is 13.1. The fourth-order valence-corrected chi connectivity index (χ4v) is 5.91. The topological polar surface area (TPSA) is 101 Å². The van der Waals surface area contributed by atoms with Crippen LogP contribution in [0.25, 0.3) is 10.9 Å². The molecule has 184 valence electrons. The van der Waals surface area contributed by atoms with Gasteiger partial charge in [0, 0.05) is 38.0 Å². The number of carbonyl (C=O) groups excluding carboxylic acids is 1. The maximum atomic E-state index is 13.1. The molecule has 2 aliphatic rings. The summed E-state index contributed by atoms with van der Waals surface area (Å²) in [5.41, 5.74) is 0.598. The average molecular weight is 499 g/mol. The molecule has 2 aromatic carbocycles. The predicted molar refractivity (Wildman–Crippen MR) is 129 cm³/mol. The van der Waals surface area contributed by atoms with Crippen molar-refractivity contribution in [2.24, 2.45) is 0 Å². The first-order chi connectivity index (χ1) is 16.8. The maximum Gasteiger partial charge on any atom is 0.261 e. The van der Waals surface area contributed by atoms with Gasteiger partial charge in [-0.3, -0.25) is 14.2 Å². The van der Waals surface area contributed by atoms with Crippen LogP contribution in [0, 0.1) is 5.82 Å². The molecule has 1 amide bonds. The van der Waals surface area contributed by atoms with E-state index in [0.29, 0.717) is 49.1 Å². The van der Waals surface area contributed by atoms with Crippen molar-refractivity contribution >= 4 is 26.8 Å². The number of piperidine rings is 1. The van der Waals surface area contributed by atoms with Gasteiger partial charge in [0.2, 0.25) is 15.9 Å². The van der Waals surface area contributed by atoms with Crippen LogP contribution in [-0.4, -0.2) is 47.9 Å². The summed E-state index contributed by atoms with van der Waals surface area (Å²) < 4.78 is 42.6. The largest absolute Gasteiger partial charge is 0.343 e. The van der Waals surface area contributed by atoms with Crippen LogP contribution >= 0.6 is 0 Å². The first-order valence-electron chi connectivity index (χ1n) is 11.9. The van der Waals surface area contributed by atoms with Crippen molar-refractivity contribution in [3.8, 4) is 0 Å². The van der Waals surface area contributed by atoms with Crippen LogP contribution < -0.4 is 10.3 Å². The van der Waals surface area contributed by atoms with Gasteiger partial charge in [-0.05, 0) is 62.1 Å². The van der Waals surface area contributed by atoms with Crippen molar-refractivity contribution in [1.29, 1.82) is 0 Å². The molecule has 0 bridgehead atoms. The second kappa shape index (κ2) is 9.50. The van der Waals surface area contributed by atoms with E-state index in [-0.39, 0.29) is 34.9 Å². The molecule has 1 saturated carbocycles. The lowest BCUT2D eigenvalue weighted by molar-refractivity contribution is -0.132. The Balaban J connectivity index is 1.19. The van der Waals surface area contributed by atoms with Crippen LogP contribution in [0.5, 0.6) is 0 Å². The molecule has 1 N–H and O–H groups in total. The summed E-state index contributed by atoms with van der Waals surface area (Å²) in [6.07, 6.45) is 3.50. The normalized spacial score (nSPS) is 17.1. The summed E-state index contributed by atoms with van der Waals surface area (Å²) in [5, 5.41) is 0.597. The number of aryl methyl sites for hydroxylation is 1. The first kappa shape index (κ1) is 23.6. The number of sulfonamides is 1. The number of hydrogen-bond donors (Lipinski definition) is 1. The zero-order valence-electron chi connectivity index (χ0n) is 19.2. The van der Waals surface area contributed by atoms with Crippen molar-refractivity contribution in [2.75, 3.05) is 13.1 Å². The molecular formula is C25H27FN4O4S. The highest BCUT2D eigenvalue weighted by molar-refractivity contribution is 7.89. The molecule has 2 fully saturated rings. The molecular weight excluding hydrogens is 471 g/mol. The molecule has 0 unspecified atom stereocenters. The summed E-state index contributed by atoms with van der Waals surface area (Å²) in [4.78, 5) is 32.3. The summed E-state index contributed by atoms with van der Waals surface area (Å²) in [6, 6.07) is 11.8. The van der Waals surface area contributed by atoms with E-state index in [1.165, 1.54) is 12.1 Å². The number of rotatable bonds is 7. The Kier molecular flexibility index (Phi) is 6.41. The third-order valence-corrected chi connectivity index (χ3v) is 8.19. The average Bonchev–Trinajstić information content (AvgIpc) is 3.68. The quantitative estimate of drug-likeness (QED) is 0.540. The van der Waals surface area contributed by atoms with Gasteiger partial charge in [0.15, 0.2) is 0 Å². The summed E-state index contributed by atoms with van der Waals surface area (Å²) in [5.74, 6) is 0.116. The number of likely N-dealkylation sites (tertiary alicyclic amines) is 1. The van der Waals surface area contributed by atoms with Gasteiger partial charge in [-0.1, -0.05) is 12.1 Å². The zero-order chi connectivity index (χ0) is 24.6. The van der Waals surface area contributed by atoms with Crippen molar-refractivity contribution in [3.63, 3.8) is 0 Å². The fraction of sp³-hybridized carbons (Fsp3) is 0.400.